The Labute approximate surface area is 106 Å². The number of rotatable bonds is 2. The van der Waals surface area contributed by atoms with Gasteiger partial charge < -0.3 is 5.73 Å². The van der Waals surface area contributed by atoms with Gasteiger partial charge in [0.2, 0.25) is 0 Å². The largest absolute Gasteiger partial charge is 0.399 e. The van der Waals surface area contributed by atoms with Crippen LogP contribution in [0.25, 0.3) is 0 Å². The molecule has 1 aromatic carbocycles. The number of benzene rings is 1. The summed E-state index contributed by atoms with van der Waals surface area (Å²) in [5, 5.41) is 0. The van der Waals surface area contributed by atoms with E-state index < -0.39 is 0 Å². The molecule has 1 fully saturated rings. The molecule has 2 rings (SSSR count). The molecule has 0 atom stereocenters. The van der Waals surface area contributed by atoms with Crippen molar-refractivity contribution in [3.8, 4) is 0 Å². The van der Waals surface area contributed by atoms with Gasteiger partial charge in [0.15, 0.2) is 0 Å². The molecule has 1 heterocycles. The summed E-state index contributed by atoms with van der Waals surface area (Å²) in [6.07, 6.45) is 1.29. The van der Waals surface area contributed by atoms with Gasteiger partial charge in [0.1, 0.15) is 0 Å². The lowest BCUT2D eigenvalue weighted by atomic mass is 9.93. The van der Waals surface area contributed by atoms with Gasteiger partial charge in [-0.05, 0) is 42.1 Å². The molecule has 0 unspecified atom stereocenters. The monoisotopic (exact) mass is 282 g/mol. The topological polar surface area (TPSA) is 29.3 Å². The van der Waals surface area contributed by atoms with Crippen molar-refractivity contribution in [3.05, 3.63) is 28.2 Å². The Bertz CT molecular complexity index is 367. The van der Waals surface area contributed by atoms with Gasteiger partial charge in [-0.15, -0.1) is 0 Å². The average molecular weight is 283 g/mol. The summed E-state index contributed by atoms with van der Waals surface area (Å²) in [4.78, 5) is 2.50. The minimum Gasteiger partial charge on any atom is -0.399 e. The number of halogens is 1. The quantitative estimate of drug-likeness (QED) is 0.844. The van der Waals surface area contributed by atoms with Crippen molar-refractivity contribution in [2.75, 3.05) is 18.8 Å². The van der Waals surface area contributed by atoms with Crippen LogP contribution in [0.3, 0.4) is 0 Å². The van der Waals surface area contributed by atoms with E-state index in [9.17, 15) is 0 Å². The zero-order valence-corrected chi connectivity index (χ0v) is 11.5. The third-order valence-corrected chi connectivity index (χ3v) is 3.60. The Morgan fingerprint density at radius 1 is 1.38 bits per heavy atom. The molecule has 0 spiro atoms. The highest BCUT2D eigenvalue weighted by atomic mass is 79.9. The van der Waals surface area contributed by atoms with Crippen LogP contribution >= 0.6 is 15.9 Å². The zero-order chi connectivity index (χ0) is 11.8. The van der Waals surface area contributed by atoms with Crippen LogP contribution in [0, 0.1) is 5.41 Å². The second-order valence-electron chi connectivity index (χ2n) is 5.52. The van der Waals surface area contributed by atoms with Gasteiger partial charge >= 0.3 is 0 Å². The fraction of sp³-hybridized carbons (Fsp3) is 0.538. The molecule has 2 N–H and O–H groups in total. The van der Waals surface area contributed by atoms with E-state index in [2.05, 4.69) is 46.8 Å². The van der Waals surface area contributed by atoms with Crippen molar-refractivity contribution < 1.29 is 0 Å². The number of hydrogen-bond acceptors (Lipinski definition) is 2. The summed E-state index contributed by atoms with van der Waals surface area (Å²) in [5.74, 6) is 0. The molecular formula is C13H19BrN2. The number of nitrogens with two attached hydrogens (primary N) is 1. The van der Waals surface area contributed by atoms with Crippen molar-refractivity contribution in [1.29, 1.82) is 0 Å². The number of anilines is 1. The van der Waals surface area contributed by atoms with E-state index in [1.807, 2.05) is 6.07 Å². The van der Waals surface area contributed by atoms with Gasteiger partial charge in [-0.25, -0.2) is 0 Å². The molecule has 2 nitrogen and oxygen atoms in total. The maximum atomic E-state index is 5.84. The molecule has 1 aliphatic rings. The molecule has 1 aromatic rings. The Morgan fingerprint density at radius 2 is 2.12 bits per heavy atom. The normalized spacial score (nSPS) is 20.2. The highest BCUT2D eigenvalue weighted by Crippen LogP contribution is 2.30. The molecule has 0 aromatic heterocycles. The molecule has 0 aliphatic carbocycles. The van der Waals surface area contributed by atoms with Crippen LogP contribution in [0.15, 0.2) is 22.7 Å². The lowest BCUT2D eigenvalue weighted by molar-refractivity contribution is 0.284. The van der Waals surface area contributed by atoms with Crippen LogP contribution in [0.1, 0.15) is 25.8 Å². The van der Waals surface area contributed by atoms with Crippen molar-refractivity contribution in [2.45, 2.75) is 26.8 Å². The fourth-order valence-electron chi connectivity index (χ4n) is 2.38. The van der Waals surface area contributed by atoms with E-state index >= 15 is 0 Å². The molecular weight excluding hydrogens is 264 g/mol. The summed E-state index contributed by atoms with van der Waals surface area (Å²) in [7, 11) is 0. The highest BCUT2D eigenvalue weighted by molar-refractivity contribution is 9.10. The molecule has 0 amide bonds. The van der Waals surface area contributed by atoms with E-state index in [-0.39, 0.29) is 0 Å². The van der Waals surface area contributed by atoms with E-state index in [4.69, 9.17) is 5.73 Å². The van der Waals surface area contributed by atoms with Gasteiger partial charge in [0.05, 0.1) is 0 Å². The average Bonchev–Trinajstić information content (AvgIpc) is 2.43. The summed E-state index contributed by atoms with van der Waals surface area (Å²) in [6, 6.07) is 6.16. The first-order valence-corrected chi connectivity index (χ1v) is 6.51. The minimum absolute atomic E-state index is 0.470. The molecule has 3 heteroatoms. The van der Waals surface area contributed by atoms with Crippen molar-refractivity contribution in [3.63, 3.8) is 0 Å². The smallest absolute Gasteiger partial charge is 0.0328 e. The maximum absolute atomic E-state index is 5.84. The standard InChI is InChI=1S/C13H19BrN2/c1-13(2)3-4-16(9-13)8-10-5-11(14)7-12(15)6-10/h5-7H,3-4,8-9,15H2,1-2H3. The van der Waals surface area contributed by atoms with Gasteiger partial charge in [-0.1, -0.05) is 29.8 Å². The number of nitrogen functional groups attached to an aromatic ring is 1. The SMILES string of the molecule is CC1(C)CCN(Cc2cc(N)cc(Br)c2)C1. The van der Waals surface area contributed by atoms with E-state index in [0.717, 1.165) is 16.7 Å². The number of likely N-dealkylation sites (tertiary alicyclic amines) is 1. The summed E-state index contributed by atoms with van der Waals surface area (Å²) >= 11 is 3.49. The van der Waals surface area contributed by atoms with Crippen LogP contribution in [0.4, 0.5) is 5.69 Å². The van der Waals surface area contributed by atoms with Crippen LogP contribution in [0.5, 0.6) is 0 Å². The van der Waals surface area contributed by atoms with Gasteiger partial charge in [-0.3, -0.25) is 4.90 Å². The van der Waals surface area contributed by atoms with Gasteiger partial charge in [0, 0.05) is 23.2 Å². The summed E-state index contributed by atoms with van der Waals surface area (Å²) in [6.45, 7) is 8.05. The fourth-order valence-corrected chi connectivity index (χ4v) is 2.94. The maximum Gasteiger partial charge on any atom is 0.0328 e. The van der Waals surface area contributed by atoms with Gasteiger partial charge in [0.25, 0.3) is 0 Å². The minimum atomic E-state index is 0.470. The van der Waals surface area contributed by atoms with Gasteiger partial charge in [-0.2, -0.15) is 0 Å². The molecule has 88 valence electrons. The Kier molecular flexibility index (Phi) is 3.27. The lowest BCUT2D eigenvalue weighted by Crippen LogP contribution is -2.22. The van der Waals surface area contributed by atoms with Crippen molar-refractivity contribution in [1.82, 2.24) is 4.90 Å². The molecule has 16 heavy (non-hydrogen) atoms. The first kappa shape index (κ1) is 11.9. The Hall–Kier alpha value is -0.540. The Morgan fingerprint density at radius 3 is 2.69 bits per heavy atom. The zero-order valence-electron chi connectivity index (χ0n) is 9.96. The van der Waals surface area contributed by atoms with Crippen LogP contribution in [-0.2, 0) is 6.54 Å². The molecule has 1 aliphatic heterocycles. The van der Waals surface area contributed by atoms with E-state index in [0.29, 0.717) is 5.41 Å². The van der Waals surface area contributed by atoms with Crippen molar-refractivity contribution in [2.24, 2.45) is 5.41 Å². The third kappa shape index (κ3) is 2.98. The van der Waals surface area contributed by atoms with Crippen molar-refractivity contribution >= 4 is 21.6 Å². The first-order chi connectivity index (χ1) is 7.44. The molecule has 0 bridgehead atoms. The number of nitrogens with zero attached hydrogens (tertiary/aromatic N) is 1. The predicted octanol–water partition coefficient (Wildman–Crippen LogP) is 3.26. The Balaban J connectivity index is 2.05. The number of hydrogen-bond donors (Lipinski definition) is 1. The van der Waals surface area contributed by atoms with Crippen LogP contribution in [-0.4, -0.2) is 18.0 Å². The van der Waals surface area contributed by atoms with Crippen LogP contribution < -0.4 is 5.73 Å². The lowest BCUT2D eigenvalue weighted by Gasteiger charge is -2.19. The van der Waals surface area contributed by atoms with Crippen LogP contribution in [0.2, 0.25) is 0 Å². The second kappa shape index (κ2) is 4.38. The highest BCUT2D eigenvalue weighted by Gasteiger charge is 2.28. The molecule has 0 radical (unpaired) electrons. The summed E-state index contributed by atoms with van der Waals surface area (Å²) < 4.78 is 1.07. The van der Waals surface area contributed by atoms with E-state index in [1.54, 1.807) is 0 Å². The molecule has 0 saturated carbocycles. The van der Waals surface area contributed by atoms with E-state index in [1.165, 1.54) is 25.1 Å². The first-order valence-electron chi connectivity index (χ1n) is 5.72. The summed E-state index contributed by atoms with van der Waals surface area (Å²) in [5.41, 5.74) is 8.44. The third-order valence-electron chi connectivity index (χ3n) is 3.14. The second-order valence-corrected chi connectivity index (χ2v) is 6.43. The molecule has 1 saturated heterocycles. The predicted molar refractivity (Wildman–Crippen MR) is 72.2 cm³/mol.